The lowest BCUT2D eigenvalue weighted by molar-refractivity contribution is -0.133. The molecule has 65 heavy (non-hydrogen) atoms. The average molecular weight is 910 g/mol. The molecule has 0 spiro atoms. The van der Waals surface area contributed by atoms with E-state index in [1.807, 2.05) is 65.3 Å². The molecule has 2 unspecified atom stereocenters. The highest BCUT2D eigenvalue weighted by atomic mass is 32.2. The van der Waals surface area contributed by atoms with Gasteiger partial charge in [0.25, 0.3) is 0 Å². The molecule has 2 saturated heterocycles. The number of nitrogens with one attached hydrogen (secondary N) is 1. The van der Waals surface area contributed by atoms with E-state index >= 15 is 0 Å². The highest BCUT2D eigenvalue weighted by molar-refractivity contribution is 7.89. The molecule has 6 rings (SSSR count). The second kappa shape index (κ2) is 22.3. The summed E-state index contributed by atoms with van der Waals surface area (Å²) in [6.07, 6.45) is 2.09. The lowest BCUT2D eigenvalue weighted by atomic mass is 9.86. The van der Waals surface area contributed by atoms with Crippen molar-refractivity contribution in [2.24, 2.45) is 0 Å². The van der Waals surface area contributed by atoms with Crippen LogP contribution in [0.15, 0.2) is 97.1 Å². The number of carbonyl (C=O) groups is 3. The van der Waals surface area contributed by atoms with Crippen LogP contribution in [-0.2, 0) is 48.1 Å². The monoisotopic (exact) mass is 910 g/mol. The minimum atomic E-state index is -3.28. The van der Waals surface area contributed by atoms with Crippen molar-refractivity contribution in [1.29, 1.82) is 0 Å². The van der Waals surface area contributed by atoms with E-state index in [2.05, 4.69) is 99.7 Å². The van der Waals surface area contributed by atoms with Gasteiger partial charge in [-0.1, -0.05) is 121 Å². The topological polar surface area (TPSA) is 129 Å². The second-order valence-electron chi connectivity index (χ2n) is 18.9. The van der Waals surface area contributed by atoms with Crippen molar-refractivity contribution in [1.82, 2.24) is 24.3 Å². The van der Waals surface area contributed by atoms with Crippen LogP contribution in [0.25, 0.3) is 0 Å². The van der Waals surface area contributed by atoms with Crippen LogP contribution in [0, 0.1) is 0 Å². The molecule has 2 aliphatic heterocycles. The summed E-state index contributed by atoms with van der Waals surface area (Å²) in [5, 5.41) is 0. The summed E-state index contributed by atoms with van der Waals surface area (Å²) >= 11 is 0. The van der Waals surface area contributed by atoms with Crippen molar-refractivity contribution in [3.63, 3.8) is 0 Å². The molecule has 12 nitrogen and oxygen atoms in total. The Balaban J connectivity index is 0.000000245. The van der Waals surface area contributed by atoms with E-state index in [0.717, 1.165) is 53.0 Å². The van der Waals surface area contributed by atoms with Crippen molar-refractivity contribution in [2.75, 3.05) is 59.2 Å². The molecule has 13 heteroatoms. The van der Waals surface area contributed by atoms with Gasteiger partial charge in [0.1, 0.15) is 30.4 Å². The van der Waals surface area contributed by atoms with E-state index in [4.69, 9.17) is 9.47 Å². The summed E-state index contributed by atoms with van der Waals surface area (Å²) in [6.45, 7) is 18.9. The fourth-order valence-electron chi connectivity index (χ4n) is 8.18. The molecule has 0 bridgehead atoms. The van der Waals surface area contributed by atoms with Gasteiger partial charge in [-0.25, -0.2) is 13.1 Å². The van der Waals surface area contributed by atoms with Crippen LogP contribution in [-0.4, -0.2) is 105 Å². The zero-order valence-corrected chi connectivity index (χ0v) is 41.0. The highest BCUT2D eigenvalue weighted by Crippen LogP contribution is 2.35. The summed E-state index contributed by atoms with van der Waals surface area (Å²) < 4.78 is 36.8. The second-order valence-corrected chi connectivity index (χ2v) is 21.0. The Labute approximate surface area is 388 Å². The first-order valence-electron chi connectivity index (χ1n) is 22.8. The summed E-state index contributed by atoms with van der Waals surface area (Å²) in [7, 11) is 0.00982. The zero-order valence-electron chi connectivity index (χ0n) is 40.2. The summed E-state index contributed by atoms with van der Waals surface area (Å²) in [5.74, 6) is 1.75. The maximum absolute atomic E-state index is 13.1. The summed E-state index contributed by atoms with van der Waals surface area (Å²) in [4.78, 5) is 46.4. The number of hydrogen-bond donors (Lipinski definition) is 1. The van der Waals surface area contributed by atoms with Gasteiger partial charge in [-0.05, 0) is 94.7 Å². The molecule has 2 atom stereocenters. The van der Waals surface area contributed by atoms with Crippen molar-refractivity contribution in [3.05, 3.63) is 130 Å². The van der Waals surface area contributed by atoms with Gasteiger partial charge in [-0.3, -0.25) is 19.3 Å². The summed E-state index contributed by atoms with van der Waals surface area (Å²) in [5.41, 5.74) is 6.83. The van der Waals surface area contributed by atoms with E-state index in [0.29, 0.717) is 26.1 Å². The third kappa shape index (κ3) is 13.7. The lowest BCUT2D eigenvalue weighted by Crippen LogP contribution is -2.38. The Kier molecular flexibility index (Phi) is 17.4. The molecule has 4 aromatic rings. The fourth-order valence-corrected chi connectivity index (χ4v) is 8.79. The smallest absolute Gasteiger partial charge is 0.244 e. The molecule has 352 valence electrons. The molecule has 2 heterocycles. The van der Waals surface area contributed by atoms with Gasteiger partial charge in [-0.15, -0.1) is 0 Å². The van der Waals surface area contributed by atoms with Crippen molar-refractivity contribution >= 4 is 27.7 Å². The fraction of sp³-hybridized carbons (Fsp3) is 0.481. The first-order valence-corrected chi connectivity index (χ1v) is 24.5. The van der Waals surface area contributed by atoms with E-state index in [-0.39, 0.29) is 66.3 Å². The number of hydrogen-bond acceptors (Lipinski definition) is 8. The molecular weight excluding hydrogens is 839 g/mol. The molecule has 4 aromatic carbocycles. The highest BCUT2D eigenvalue weighted by Gasteiger charge is 2.41. The number of rotatable bonds is 17. The number of benzene rings is 4. The van der Waals surface area contributed by atoms with E-state index in [9.17, 15) is 22.8 Å². The minimum Gasteiger partial charge on any atom is -0.497 e. The van der Waals surface area contributed by atoms with Gasteiger partial charge < -0.3 is 24.2 Å². The normalized spacial score (nSPS) is 17.0. The van der Waals surface area contributed by atoms with Crippen LogP contribution in [0.2, 0.25) is 0 Å². The molecule has 2 aliphatic rings. The SMILES string of the molecule is CCCC(=O)N1CC(=O)N(CCc2ccc(OC)cc2)C1c1ccc(C(C)(C)C)cc1.CCS(=O)(=O)NCCN1CC(=O)N(CCc2ccc(OC)cc2)C1c1ccc(C(C)(C)C)cc1. The molecule has 3 amide bonds. The molecule has 1 N–H and O–H groups in total. The Bertz CT molecular complexity index is 2290. The maximum Gasteiger partial charge on any atom is 0.244 e. The number of methoxy groups -OCH3 is 2. The minimum absolute atomic E-state index is 0.00265. The molecular formula is C52H71N5O7S. The van der Waals surface area contributed by atoms with Crippen LogP contribution in [0.3, 0.4) is 0 Å². The van der Waals surface area contributed by atoms with Crippen molar-refractivity contribution < 1.29 is 32.3 Å². The first kappa shape index (κ1) is 50.8. The number of nitrogens with zero attached hydrogens (tertiary/aromatic N) is 4. The van der Waals surface area contributed by atoms with Crippen molar-refractivity contribution in [2.45, 2.75) is 104 Å². The molecule has 0 aromatic heterocycles. The van der Waals surface area contributed by atoms with Gasteiger partial charge in [0.15, 0.2) is 0 Å². The molecule has 2 fully saturated rings. The Morgan fingerprint density at radius 2 is 1.06 bits per heavy atom. The van der Waals surface area contributed by atoms with Gasteiger partial charge in [-0.2, -0.15) is 0 Å². The number of carbonyl (C=O) groups excluding carboxylic acids is 3. The Hall–Kier alpha value is -5.24. The number of ether oxygens (including phenoxy) is 2. The number of sulfonamides is 1. The standard InChI is InChI=1S/C26H37N3O4S.C26H34N2O3/c1-6-34(31,32)27-16-18-28-19-24(30)29(17-15-20-7-13-23(33-5)14-8-20)25(28)21-9-11-22(12-10-21)26(2,3)4;1-6-7-23(29)28-18-24(30)27(17-16-19-8-14-22(31-5)15-9-19)25(28)20-10-12-21(13-11-20)26(2,3)4/h7-14,25,27H,6,15-19H2,1-5H3;8-15,25H,6-7,16-18H2,1-5H3. The van der Waals surface area contributed by atoms with Crippen LogP contribution in [0.1, 0.15) is 114 Å². The quantitative estimate of drug-likeness (QED) is 0.113. The van der Waals surface area contributed by atoms with Crippen LogP contribution in [0.5, 0.6) is 11.5 Å². The number of amides is 3. The Morgan fingerprint density at radius 1 is 0.631 bits per heavy atom. The molecule has 0 aliphatic carbocycles. The lowest BCUT2D eigenvalue weighted by Gasteiger charge is -2.31. The van der Waals surface area contributed by atoms with Crippen molar-refractivity contribution in [3.8, 4) is 11.5 Å². The van der Waals surface area contributed by atoms with Gasteiger partial charge in [0.05, 0.1) is 26.5 Å². The summed E-state index contributed by atoms with van der Waals surface area (Å²) in [6, 6.07) is 32.6. The molecule has 0 saturated carbocycles. The van der Waals surface area contributed by atoms with Crippen LogP contribution in [0.4, 0.5) is 0 Å². The third-order valence-corrected chi connectivity index (χ3v) is 13.6. The molecule has 0 radical (unpaired) electrons. The van der Waals surface area contributed by atoms with Crippen LogP contribution >= 0.6 is 0 Å². The van der Waals surface area contributed by atoms with Crippen LogP contribution < -0.4 is 14.2 Å². The van der Waals surface area contributed by atoms with E-state index < -0.39 is 10.0 Å². The average Bonchev–Trinajstić information content (AvgIpc) is 3.79. The first-order chi connectivity index (χ1) is 30.8. The Morgan fingerprint density at radius 3 is 1.48 bits per heavy atom. The van der Waals surface area contributed by atoms with Gasteiger partial charge in [0.2, 0.25) is 27.7 Å². The third-order valence-electron chi connectivity index (χ3n) is 12.2. The van der Waals surface area contributed by atoms with E-state index in [1.54, 1.807) is 26.0 Å². The predicted molar refractivity (Wildman–Crippen MR) is 258 cm³/mol. The predicted octanol–water partition coefficient (Wildman–Crippen LogP) is 8.02. The largest absolute Gasteiger partial charge is 0.497 e. The van der Waals surface area contributed by atoms with Gasteiger partial charge >= 0.3 is 0 Å². The zero-order chi connectivity index (χ0) is 47.5. The maximum atomic E-state index is 13.1. The van der Waals surface area contributed by atoms with Gasteiger partial charge in [0, 0.05) is 32.6 Å². The van der Waals surface area contributed by atoms with E-state index in [1.165, 1.54) is 11.1 Å².